The Hall–Kier alpha value is -1.24. The maximum absolute atomic E-state index is 12.7. The fraction of sp³-hybridized carbons (Fsp3) is 0.667. The lowest BCUT2D eigenvalue weighted by atomic mass is 9.93. The van der Waals surface area contributed by atoms with Crippen molar-refractivity contribution in [1.29, 1.82) is 0 Å². The fourth-order valence-electron chi connectivity index (χ4n) is 5.65. The number of piperidine rings is 1. The lowest BCUT2D eigenvalue weighted by molar-refractivity contribution is 0.157. The SMILES string of the molecule is CN1CCCC2CN(SNC(=O)Nc3c4c(cc5c3CCC5)CCC4)CC21. The molecule has 2 atom stereocenters. The zero-order valence-electron chi connectivity index (χ0n) is 16.2. The summed E-state index contributed by atoms with van der Waals surface area (Å²) in [5.74, 6) is 0.752. The Balaban J connectivity index is 1.22. The number of likely N-dealkylation sites (tertiary alicyclic amines) is 1. The van der Waals surface area contributed by atoms with E-state index < -0.39 is 0 Å². The molecule has 6 heteroatoms. The number of carbonyl (C=O) groups is 1. The van der Waals surface area contributed by atoms with E-state index in [-0.39, 0.29) is 6.03 Å². The molecule has 1 aromatic carbocycles. The van der Waals surface area contributed by atoms with E-state index in [0.717, 1.165) is 50.4 Å². The molecule has 27 heavy (non-hydrogen) atoms. The van der Waals surface area contributed by atoms with Gasteiger partial charge in [-0.15, -0.1) is 0 Å². The molecule has 0 spiro atoms. The highest BCUT2D eigenvalue weighted by Gasteiger charge is 2.38. The van der Waals surface area contributed by atoms with Gasteiger partial charge in [0.2, 0.25) is 0 Å². The monoisotopic (exact) mass is 386 g/mol. The number of amides is 2. The maximum Gasteiger partial charge on any atom is 0.330 e. The largest absolute Gasteiger partial charge is 0.330 e. The van der Waals surface area contributed by atoms with Crippen molar-refractivity contribution in [3.05, 3.63) is 28.3 Å². The number of anilines is 1. The molecule has 2 fully saturated rings. The van der Waals surface area contributed by atoms with Gasteiger partial charge in [0.25, 0.3) is 0 Å². The van der Waals surface area contributed by atoms with Crippen molar-refractivity contribution in [1.82, 2.24) is 13.9 Å². The second-order valence-corrected chi connectivity index (χ2v) is 9.58. The van der Waals surface area contributed by atoms with Gasteiger partial charge in [0.15, 0.2) is 0 Å². The maximum atomic E-state index is 12.7. The minimum atomic E-state index is -0.0716. The number of nitrogens with one attached hydrogen (secondary N) is 2. The minimum Gasteiger partial charge on any atom is -0.307 e. The molecule has 4 aliphatic rings. The number of hydrogen-bond donors (Lipinski definition) is 2. The molecule has 2 heterocycles. The summed E-state index contributed by atoms with van der Waals surface area (Å²) < 4.78 is 5.38. The van der Waals surface area contributed by atoms with Crippen LogP contribution in [0.5, 0.6) is 0 Å². The van der Waals surface area contributed by atoms with Gasteiger partial charge < -0.3 is 10.2 Å². The van der Waals surface area contributed by atoms with Crippen LogP contribution in [0.2, 0.25) is 0 Å². The number of nitrogens with zero attached hydrogens (tertiary/aromatic N) is 2. The lowest BCUT2D eigenvalue weighted by Crippen LogP contribution is -2.42. The molecule has 2 N–H and O–H groups in total. The third kappa shape index (κ3) is 3.36. The van der Waals surface area contributed by atoms with Crippen molar-refractivity contribution in [2.75, 3.05) is 32.0 Å². The molecule has 5 rings (SSSR count). The molecule has 0 radical (unpaired) electrons. The van der Waals surface area contributed by atoms with Gasteiger partial charge in [-0.25, -0.2) is 9.10 Å². The molecule has 146 valence electrons. The molecule has 2 saturated heterocycles. The van der Waals surface area contributed by atoms with Gasteiger partial charge in [0, 0.05) is 37.0 Å². The normalized spacial score (nSPS) is 27.3. The second-order valence-electron chi connectivity index (χ2n) is 8.68. The van der Waals surface area contributed by atoms with Crippen molar-refractivity contribution >= 4 is 23.9 Å². The molecule has 0 bridgehead atoms. The molecule has 0 saturated carbocycles. The van der Waals surface area contributed by atoms with Gasteiger partial charge in [0.05, 0.1) is 0 Å². The number of urea groups is 1. The van der Waals surface area contributed by atoms with E-state index in [1.54, 1.807) is 0 Å². The quantitative estimate of drug-likeness (QED) is 0.782. The number of likely N-dealkylation sites (N-methyl/N-ethyl adjacent to an activating group) is 1. The smallest absolute Gasteiger partial charge is 0.307 e. The van der Waals surface area contributed by atoms with Gasteiger partial charge >= 0.3 is 6.03 Å². The standard InChI is InChI=1S/C21H30N4OS/c1-24-10-4-7-16-12-25(13-19(16)24)27-23-21(26)22-20-17-8-2-5-14(17)11-15-6-3-9-18(15)20/h11,16,19H,2-10,12-13H2,1H3,(H2,22,23,26). The Labute approximate surface area is 166 Å². The van der Waals surface area contributed by atoms with Crippen LogP contribution in [0.15, 0.2) is 6.07 Å². The molecule has 5 nitrogen and oxygen atoms in total. The topological polar surface area (TPSA) is 47.6 Å². The van der Waals surface area contributed by atoms with Gasteiger partial charge in [0.1, 0.15) is 0 Å². The number of hydrogen-bond acceptors (Lipinski definition) is 4. The highest BCUT2D eigenvalue weighted by atomic mass is 32.2. The number of fused-ring (bicyclic) bond motifs is 3. The summed E-state index contributed by atoms with van der Waals surface area (Å²) >= 11 is 1.49. The van der Waals surface area contributed by atoms with Crippen LogP contribution in [0.3, 0.4) is 0 Å². The van der Waals surface area contributed by atoms with Crippen LogP contribution >= 0.6 is 12.1 Å². The summed E-state index contributed by atoms with van der Waals surface area (Å²) in [4.78, 5) is 15.2. The number of carbonyl (C=O) groups excluding carboxylic acids is 1. The summed E-state index contributed by atoms with van der Waals surface area (Å²) in [7, 11) is 2.24. The van der Waals surface area contributed by atoms with E-state index in [1.165, 1.54) is 66.6 Å². The average molecular weight is 387 g/mol. The average Bonchev–Trinajstić information content (AvgIpc) is 3.38. The van der Waals surface area contributed by atoms with E-state index in [4.69, 9.17) is 0 Å². The fourth-order valence-corrected chi connectivity index (χ4v) is 6.41. The third-order valence-electron chi connectivity index (χ3n) is 7.00. The summed E-state index contributed by atoms with van der Waals surface area (Å²) in [5, 5.41) is 3.23. The lowest BCUT2D eigenvalue weighted by Gasteiger charge is -2.33. The highest BCUT2D eigenvalue weighted by Crippen LogP contribution is 2.38. The van der Waals surface area contributed by atoms with E-state index in [9.17, 15) is 4.79 Å². The van der Waals surface area contributed by atoms with Crippen molar-refractivity contribution in [3.8, 4) is 0 Å². The van der Waals surface area contributed by atoms with E-state index in [2.05, 4.69) is 32.4 Å². The van der Waals surface area contributed by atoms with Gasteiger partial charge in [-0.05, 0) is 93.1 Å². The Morgan fingerprint density at radius 1 is 1.07 bits per heavy atom. The number of rotatable bonds is 3. The van der Waals surface area contributed by atoms with Crippen LogP contribution in [0.4, 0.5) is 10.5 Å². The highest BCUT2D eigenvalue weighted by molar-refractivity contribution is 7.95. The van der Waals surface area contributed by atoms with Crippen molar-refractivity contribution in [2.24, 2.45) is 5.92 Å². The van der Waals surface area contributed by atoms with Gasteiger partial charge in [-0.2, -0.15) is 0 Å². The van der Waals surface area contributed by atoms with E-state index in [0.29, 0.717) is 6.04 Å². The first-order valence-corrected chi connectivity index (χ1v) is 11.3. The van der Waals surface area contributed by atoms with Crippen LogP contribution in [0, 0.1) is 5.92 Å². The molecule has 2 amide bonds. The Morgan fingerprint density at radius 2 is 1.81 bits per heavy atom. The minimum absolute atomic E-state index is 0.0716. The predicted molar refractivity (Wildman–Crippen MR) is 111 cm³/mol. The zero-order chi connectivity index (χ0) is 18.4. The van der Waals surface area contributed by atoms with Gasteiger partial charge in [-0.1, -0.05) is 6.07 Å². The van der Waals surface area contributed by atoms with Crippen molar-refractivity contribution in [3.63, 3.8) is 0 Å². The molecule has 2 aliphatic heterocycles. The molecule has 2 aliphatic carbocycles. The Kier molecular flexibility index (Phi) is 4.82. The van der Waals surface area contributed by atoms with E-state index in [1.807, 2.05) is 0 Å². The van der Waals surface area contributed by atoms with Crippen LogP contribution < -0.4 is 10.0 Å². The Bertz CT molecular complexity index is 720. The summed E-state index contributed by atoms with van der Waals surface area (Å²) in [6.45, 7) is 3.33. The molecule has 0 aromatic heterocycles. The molecule has 1 aromatic rings. The van der Waals surface area contributed by atoms with Crippen LogP contribution in [-0.2, 0) is 25.7 Å². The van der Waals surface area contributed by atoms with Crippen LogP contribution in [0.1, 0.15) is 47.9 Å². The summed E-state index contributed by atoms with van der Waals surface area (Å²) in [6.07, 6.45) is 9.59. The first kappa shape index (κ1) is 17.8. The first-order valence-electron chi connectivity index (χ1n) is 10.5. The number of benzene rings is 1. The van der Waals surface area contributed by atoms with Crippen LogP contribution in [0.25, 0.3) is 0 Å². The van der Waals surface area contributed by atoms with Crippen LogP contribution in [-0.4, -0.2) is 48.0 Å². The molecular formula is C21H30N4OS. The molecular weight excluding hydrogens is 356 g/mol. The predicted octanol–water partition coefficient (Wildman–Crippen LogP) is 3.37. The summed E-state index contributed by atoms with van der Waals surface area (Å²) in [6, 6.07) is 2.99. The zero-order valence-corrected chi connectivity index (χ0v) is 17.0. The second kappa shape index (κ2) is 7.30. The van der Waals surface area contributed by atoms with Crippen molar-refractivity contribution in [2.45, 2.75) is 57.4 Å². The third-order valence-corrected chi connectivity index (χ3v) is 7.84. The number of aryl methyl sites for hydroxylation is 2. The van der Waals surface area contributed by atoms with Crippen molar-refractivity contribution < 1.29 is 4.79 Å². The van der Waals surface area contributed by atoms with E-state index >= 15 is 0 Å². The summed E-state index contributed by atoms with van der Waals surface area (Å²) in [5.41, 5.74) is 6.84. The molecule has 2 unspecified atom stereocenters. The Morgan fingerprint density at radius 3 is 2.52 bits per heavy atom. The first-order chi connectivity index (χ1) is 13.2. The van der Waals surface area contributed by atoms with Gasteiger partial charge in [-0.3, -0.25) is 4.72 Å².